The molecule has 0 saturated carbocycles. The van der Waals surface area contributed by atoms with Crippen LogP contribution in [0.5, 0.6) is 0 Å². The zero-order valence-electron chi connectivity index (χ0n) is 8.58. The molecule has 15 heavy (non-hydrogen) atoms. The minimum absolute atomic E-state index is 0.212. The van der Waals surface area contributed by atoms with E-state index < -0.39 is 5.82 Å². The molecule has 1 aliphatic heterocycles. The van der Waals surface area contributed by atoms with Gasteiger partial charge in [-0.15, -0.1) is 0 Å². The fourth-order valence-electron chi connectivity index (χ4n) is 2.03. The maximum atomic E-state index is 13.3. The van der Waals surface area contributed by atoms with Gasteiger partial charge >= 0.3 is 0 Å². The Balaban J connectivity index is 2.19. The van der Waals surface area contributed by atoms with Crippen molar-refractivity contribution in [1.82, 2.24) is 4.90 Å². The molecular formula is C12H14FNO. The van der Waals surface area contributed by atoms with Gasteiger partial charge in [0.2, 0.25) is 0 Å². The molecule has 0 spiro atoms. The third kappa shape index (κ3) is 2.23. The summed E-state index contributed by atoms with van der Waals surface area (Å²) in [6, 6.07) is 4.82. The molecular weight excluding hydrogens is 193 g/mol. The van der Waals surface area contributed by atoms with Crippen LogP contribution in [0.2, 0.25) is 0 Å². The highest BCUT2D eigenvalue weighted by atomic mass is 19.1. The van der Waals surface area contributed by atoms with Gasteiger partial charge in [0, 0.05) is 6.54 Å². The smallest absolute Gasteiger partial charge is 0.153 e. The van der Waals surface area contributed by atoms with E-state index in [1.807, 2.05) is 6.07 Å². The summed E-state index contributed by atoms with van der Waals surface area (Å²) in [6.07, 6.45) is 3.01. The van der Waals surface area contributed by atoms with Crippen molar-refractivity contribution in [1.29, 1.82) is 0 Å². The summed E-state index contributed by atoms with van der Waals surface area (Å²) in [5, 5.41) is 0. The first-order chi connectivity index (χ1) is 7.31. The third-order valence-corrected chi connectivity index (χ3v) is 2.85. The van der Waals surface area contributed by atoms with Gasteiger partial charge in [-0.05, 0) is 37.6 Å². The predicted octanol–water partition coefficient (Wildman–Crippen LogP) is 2.23. The van der Waals surface area contributed by atoms with E-state index in [0.29, 0.717) is 12.8 Å². The second kappa shape index (κ2) is 4.53. The average Bonchev–Trinajstić information content (AvgIpc) is 2.71. The number of carbonyl (C=O) groups excluding carboxylic acids is 1. The SMILES string of the molecule is O=Cc1c(F)cccc1CN1CCCC1. The molecule has 0 atom stereocenters. The first-order valence-electron chi connectivity index (χ1n) is 5.26. The summed E-state index contributed by atoms with van der Waals surface area (Å²) in [7, 11) is 0. The van der Waals surface area contributed by atoms with Gasteiger partial charge in [0.1, 0.15) is 5.82 Å². The van der Waals surface area contributed by atoms with Crippen LogP contribution >= 0.6 is 0 Å². The van der Waals surface area contributed by atoms with Gasteiger partial charge in [0.25, 0.3) is 0 Å². The Bertz CT molecular complexity index is 359. The van der Waals surface area contributed by atoms with E-state index in [2.05, 4.69) is 4.90 Å². The fourth-order valence-corrected chi connectivity index (χ4v) is 2.03. The molecule has 2 rings (SSSR count). The normalized spacial score (nSPS) is 16.9. The molecule has 1 aromatic rings. The Labute approximate surface area is 88.7 Å². The number of rotatable bonds is 3. The zero-order valence-corrected chi connectivity index (χ0v) is 8.58. The van der Waals surface area contributed by atoms with Crippen molar-refractivity contribution in [3.8, 4) is 0 Å². The molecule has 0 radical (unpaired) electrons. The molecule has 1 fully saturated rings. The van der Waals surface area contributed by atoms with Crippen LogP contribution in [0.15, 0.2) is 18.2 Å². The monoisotopic (exact) mass is 207 g/mol. The first-order valence-corrected chi connectivity index (χ1v) is 5.26. The average molecular weight is 207 g/mol. The zero-order chi connectivity index (χ0) is 10.7. The van der Waals surface area contributed by atoms with E-state index in [1.165, 1.54) is 18.9 Å². The number of halogens is 1. The van der Waals surface area contributed by atoms with Crippen molar-refractivity contribution >= 4 is 6.29 Å². The van der Waals surface area contributed by atoms with Gasteiger partial charge in [0.05, 0.1) is 5.56 Å². The van der Waals surface area contributed by atoms with E-state index in [-0.39, 0.29) is 5.56 Å². The van der Waals surface area contributed by atoms with Crippen LogP contribution in [0, 0.1) is 5.82 Å². The number of hydrogen-bond acceptors (Lipinski definition) is 2. The predicted molar refractivity (Wildman–Crippen MR) is 56.3 cm³/mol. The Hall–Kier alpha value is -1.22. The van der Waals surface area contributed by atoms with Crippen molar-refractivity contribution < 1.29 is 9.18 Å². The summed E-state index contributed by atoms with van der Waals surface area (Å²) >= 11 is 0. The van der Waals surface area contributed by atoms with Crippen molar-refractivity contribution in [3.05, 3.63) is 35.1 Å². The van der Waals surface area contributed by atoms with E-state index >= 15 is 0 Å². The van der Waals surface area contributed by atoms with E-state index in [4.69, 9.17) is 0 Å². The lowest BCUT2D eigenvalue weighted by Crippen LogP contribution is -2.19. The van der Waals surface area contributed by atoms with Gasteiger partial charge in [-0.25, -0.2) is 4.39 Å². The highest BCUT2D eigenvalue weighted by Crippen LogP contribution is 2.17. The number of likely N-dealkylation sites (tertiary alicyclic amines) is 1. The van der Waals surface area contributed by atoms with Crippen LogP contribution in [-0.2, 0) is 6.54 Å². The van der Waals surface area contributed by atoms with Crippen LogP contribution in [0.3, 0.4) is 0 Å². The van der Waals surface area contributed by atoms with Crippen molar-refractivity contribution in [3.63, 3.8) is 0 Å². The minimum Gasteiger partial charge on any atom is -0.299 e. The molecule has 80 valence electrons. The molecule has 1 saturated heterocycles. The Morgan fingerprint density at radius 1 is 1.33 bits per heavy atom. The van der Waals surface area contributed by atoms with Crippen molar-refractivity contribution in [2.24, 2.45) is 0 Å². The largest absolute Gasteiger partial charge is 0.299 e. The maximum absolute atomic E-state index is 13.3. The molecule has 3 heteroatoms. The second-order valence-electron chi connectivity index (χ2n) is 3.91. The van der Waals surface area contributed by atoms with Gasteiger partial charge in [-0.2, -0.15) is 0 Å². The summed E-state index contributed by atoms with van der Waals surface area (Å²) < 4.78 is 13.3. The molecule has 0 amide bonds. The van der Waals surface area contributed by atoms with Crippen LogP contribution in [0.1, 0.15) is 28.8 Å². The molecule has 0 aliphatic carbocycles. The third-order valence-electron chi connectivity index (χ3n) is 2.85. The van der Waals surface area contributed by atoms with Crippen LogP contribution < -0.4 is 0 Å². The standard InChI is InChI=1S/C12H14FNO/c13-12-5-3-4-10(11(12)9-15)8-14-6-1-2-7-14/h3-5,9H,1-2,6-8H2. The van der Waals surface area contributed by atoms with E-state index in [0.717, 1.165) is 18.7 Å². The van der Waals surface area contributed by atoms with Crippen LogP contribution in [-0.4, -0.2) is 24.3 Å². The molecule has 1 aliphatic rings. The summed E-state index contributed by atoms with van der Waals surface area (Å²) in [5.41, 5.74) is 1.01. The molecule has 0 aromatic heterocycles. The van der Waals surface area contributed by atoms with Gasteiger partial charge in [-0.3, -0.25) is 9.69 Å². The van der Waals surface area contributed by atoms with Gasteiger partial charge in [-0.1, -0.05) is 12.1 Å². The van der Waals surface area contributed by atoms with Crippen LogP contribution in [0.4, 0.5) is 4.39 Å². The maximum Gasteiger partial charge on any atom is 0.153 e. The van der Waals surface area contributed by atoms with Crippen LogP contribution in [0.25, 0.3) is 0 Å². The van der Waals surface area contributed by atoms with E-state index in [1.54, 1.807) is 6.07 Å². The van der Waals surface area contributed by atoms with Crippen molar-refractivity contribution in [2.45, 2.75) is 19.4 Å². The summed E-state index contributed by atoms with van der Waals surface area (Å²) in [4.78, 5) is 13.0. The number of benzene rings is 1. The lowest BCUT2D eigenvalue weighted by atomic mass is 10.1. The molecule has 1 heterocycles. The Morgan fingerprint density at radius 2 is 2.07 bits per heavy atom. The summed E-state index contributed by atoms with van der Waals surface area (Å²) in [5.74, 6) is -0.415. The number of aldehydes is 1. The molecule has 0 bridgehead atoms. The number of carbonyl (C=O) groups is 1. The molecule has 0 unspecified atom stereocenters. The first kappa shape index (κ1) is 10.3. The quantitative estimate of drug-likeness (QED) is 0.708. The number of nitrogens with zero attached hydrogens (tertiary/aromatic N) is 1. The van der Waals surface area contributed by atoms with Gasteiger partial charge in [0.15, 0.2) is 6.29 Å². The lowest BCUT2D eigenvalue weighted by molar-refractivity contribution is 0.111. The highest BCUT2D eigenvalue weighted by molar-refractivity contribution is 5.77. The topological polar surface area (TPSA) is 20.3 Å². The minimum atomic E-state index is -0.415. The molecule has 1 aromatic carbocycles. The number of hydrogen-bond donors (Lipinski definition) is 0. The second-order valence-corrected chi connectivity index (χ2v) is 3.91. The summed E-state index contributed by atoms with van der Waals surface area (Å²) in [6.45, 7) is 2.79. The highest BCUT2D eigenvalue weighted by Gasteiger charge is 2.14. The van der Waals surface area contributed by atoms with Crippen molar-refractivity contribution in [2.75, 3.05) is 13.1 Å². The lowest BCUT2D eigenvalue weighted by Gasteiger charge is -2.15. The Morgan fingerprint density at radius 3 is 2.73 bits per heavy atom. The molecule has 2 nitrogen and oxygen atoms in total. The molecule has 0 N–H and O–H groups in total. The van der Waals surface area contributed by atoms with E-state index in [9.17, 15) is 9.18 Å². The Kier molecular flexibility index (Phi) is 3.11. The fraction of sp³-hybridized carbons (Fsp3) is 0.417. The van der Waals surface area contributed by atoms with Gasteiger partial charge < -0.3 is 0 Å².